The van der Waals surface area contributed by atoms with E-state index in [0.717, 1.165) is 40.3 Å². The van der Waals surface area contributed by atoms with Gasteiger partial charge >= 0.3 is 0 Å². The number of nitrogens with zero attached hydrogens (tertiary/aromatic N) is 4. The van der Waals surface area contributed by atoms with Crippen molar-refractivity contribution in [3.8, 4) is 11.3 Å². The summed E-state index contributed by atoms with van der Waals surface area (Å²) in [6.07, 6.45) is 7.61. The Balaban J connectivity index is 2.00. The van der Waals surface area contributed by atoms with E-state index in [2.05, 4.69) is 22.5 Å². The van der Waals surface area contributed by atoms with Crippen molar-refractivity contribution in [1.29, 1.82) is 0 Å². The summed E-state index contributed by atoms with van der Waals surface area (Å²) in [6.45, 7) is 4.30. The first-order valence-electron chi connectivity index (χ1n) is 8.99. The average Bonchev–Trinajstić information content (AvgIpc) is 3.13. The van der Waals surface area contributed by atoms with Crippen LogP contribution in [0.2, 0.25) is 0 Å². The number of halogens is 1. The Hall–Kier alpha value is -3.12. The number of nitrogens with one attached hydrogen (secondary N) is 1. The van der Waals surface area contributed by atoms with Gasteiger partial charge in [-0.15, -0.1) is 0 Å². The van der Waals surface area contributed by atoms with E-state index < -0.39 is 0 Å². The maximum absolute atomic E-state index is 8.92. The minimum absolute atomic E-state index is 0.430. The van der Waals surface area contributed by atoms with Gasteiger partial charge in [0, 0.05) is 28.8 Å². The number of hydrogen-bond acceptors (Lipinski definition) is 5. The summed E-state index contributed by atoms with van der Waals surface area (Å²) in [5.41, 5.74) is 4.56. The predicted octanol–water partition coefficient (Wildman–Crippen LogP) is 4.90. The van der Waals surface area contributed by atoms with E-state index in [-0.39, 0.29) is 0 Å². The van der Waals surface area contributed by atoms with E-state index >= 15 is 0 Å². The largest absolute Gasteiger partial charge is 0.411 e. The normalized spacial score (nSPS) is 12.8. The fourth-order valence-electron chi connectivity index (χ4n) is 2.78. The third-order valence-corrected chi connectivity index (χ3v) is 4.35. The molecule has 0 atom stereocenters. The molecule has 0 saturated carbocycles. The number of hydrogen-bond donors (Lipinski definition) is 2. The first-order valence-corrected chi connectivity index (χ1v) is 9.37. The Labute approximate surface area is 168 Å². The van der Waals surface area contributed by atoms with Gasteiger partial charge in [-0.3, -0.25) is 0 Å². The Kier molecular flexibility index (Phi) is 6.45. The molecule has 6 nitrogen and oxygen atoms in total. The molecule has 1 aromatic carbocycles. The number of anilines is 1. The lowest BCUT2D eigenvalue weighted by Gasteiger charge is -2.11. The fraction of sp³-hybridized carbons (Fsp3) is 0.190. The van der Waals surface area contributed by atoms with Crippen LogP contribution in [0.3, 0.4) is 0 Å². The number of rotatable bonds is 7. The molecular weight excluding hydrogens is 374 g/mol. The minimum atomic E-state index is 0.430. The van der Waals surface area contributed by atoms with E-state index in [4.69, 9.17) is 21.8 Å². The van der Waals surface area contributed by atoms with Crippen LogP contribution in [-0.2, 0) is 6.42 Å². The molecule has 0 radical (unpaired) electrons. The second-order valence-corrected chi connectivity index (χ2v) is 6.84. The average molecular weight is 396 g/mol. The van der Waals surface area contributed by atoms with Crippen LogP contribution in [0.4, 0.5) is 5.82 Å². The van der Waals surface area contributed by atoms with E-state index in [1.165, 1.54) is 6.21 Å². The van der Waals surface area contributed by atoms with E-state index in [0.29, 0.717) is 11.6 Å². The van der Waals surface area contributed by atoms with E-state index in [1.54, 1.807) is 23.6 Å². The van der Waals surface area contributed by atoms with Gasteiger partial charge in [-0.2, -0.15) is 9.61 Å². The van der Waals surface area contributed by atoms with Gasteiger partial charge in [0.15, 0.2) is 5.65 Å². The highest BCUT2D eigenvalue weighted by molar-refractivity contribution is 6.29. The summed E-state index contributed by atoms with van der Waals surface area (Å²) in [6, 6.07) is 12.0. The molecule has 2 aromatic heterocycles. The van der Waals surface area contributed by atoms with Crippen LogP contribution in [0.1, 0.15) is 19.4 Å². The molecule has 0 amide bonds. The SMILES string of the molecule is CCc1cnn2c(NCC(=C/C=C(\C)Cl)/C=N/O)cc(-c3ccccc3)nc12. The second-order valence-electron chi connectivity index (χ2n) is 6.24. The van der Waals surface area contributed by atoms with Crippen LogP contribution in [0, 0.1) is 0 Å². The van der Waals surface area contributed by atoms with Crippen LogP contribution < -0.4 is 5.32 Å². The maximum Gasteiger partial charge on any atom is 0.161 e. The summed E-state index contributed by atoms with van der Waals surface area (Å²) in [5.74, 6) is 0.798. The minimum Gasteiger partial charge on any atom is -0.411 e. The maximum atomic E-state index is 8.92. The van der Waals surface area contributed by atoms with Crippen LogP contribution in [0.15, 0.2) is 70.5 Å². The lowest BCUT2D eigenvalue weighted by molar-refractivity contribution is 0.321. The van der Waals surface area contributed by atoms with Crippen molar-refractivity contribution in [3.05, 3.63) is 70.9 Å². The molecule has 3 aromatic rings. The molecular formula is C21H22ClN5O. The Morgan fingerprint density at radius 3 is 2.75 bits per heavy atom. The molecule has 2 heterocycles. The molecule has 3 rings (SSSR count). The van der Waals surface area contributed by atoms with Crippen molar-refractivity contribution in [2.45, 2.75) is 20.3 Å². The molecule has 0 aliphatic rings. The number of allylic oxidation sites excluding steroid dienone is 3. The van der Waals surface area contributed by atoms with Gasteiger partial charge in [0.25, 0.3) is 0 Å². The molecule has 2 N–H and O–H groups in total. The zero-order valence-corrected chi connectivity index (χ0v) is 16.6. The summed E-state index contributed by atoms with van der Waals surface area (Å²) < 4.78 is 1.79. The first kappa shape index (κ1) is 19.6. The third kappa shape index (κ3) is 4.58. The van der Waals surface area contributed by atoms with Gasteiger partial charge in [0.05, 0.1) is 18.1 Å². The molecule has 0 spiro atoms. The molecule has 7 heteroatoms. The summed E-state index contributed by atoms with van der Waals surface area (Å²) in [4.78, 5) is 4.81. The number of fused-ring (bicyclic) bond motifs is 1. The number of benzene rings is 1. The molecule has 144 valence electrons. The zero-order chi connectivity index (χ0) is 19.9. The number of aryl methyl sites for hydroxylation is 1. The molecule has 0 fully saturated rings. The smallest absolute Gasteiger partial charge is 0.161 e. The van der Waals surface area contributed by atoms with Crippen molar-refractivity contribution in [3.63, 3.8) is 0 Å². The Bertz CT molecular complexity index is 1030. The van der Waals surface area contributed by atoms with Gasteiger partial charge in [0.1, 0.15) is 5.82 Å². The molecule has 0 saturated heterocycles. The summed E-state index contributed by atoms with van der Waals surface area (Å²) in [5, 5.41) is 20.5. The van der Waals surface area contributed by atoms with Crippen molar-refractivity contribution in [2.75, 3.05) is 11.9 Å². The Morgan fingerprint density at radius 1 is 1.29 bits per heavy atom. The van der Waals surface area contributed by atoms with Gasteiger partial charge in [-0.05, 0) is 25.0 Å². The lowest BCUT2D eigenvalue weighted by atomic mass is 10.1. The van der Waals surface area contributed by atoms with Gasteiger partial charge in [-0.1, -0.05) is 60.1 Å². The third-order valence-electron chi connectivity index (χ3n) is 4.22. The Morgan fingerprint density at radius 2 is 2.07 bits per heavy atom. The first-order chi connectivity index (χ1) is 13.6. The van der Waals surface area contributed by atoms with Crippen LogP contribution in [0.5, 0.6) is 0 Å². The fourth-order valence-corrected chi connectivity index (χ4v) is 2.84. The monoisotopic (exact) mass is 395 g/mol. The quantitative estimate of drug-likeness (QED) is 0.258. The molecule has 0 bridgehead atoms. The van der Waals surface area contributed by atoms with Crippen molar-refractivity contribution in [1.82, 2.24) is 14.6 Å². The van der Waals surface area contributed by atoms with Crippen LogP contribution in [0.25, 0.3) is 16.9 Å². The highest BCUT2D eigenvalue weighted by Crippen LogP contribution is 2.24. The van der Waals surface area contributed by atoms with Gasteiger partial charge in [-0.25, -0.2) is 4.98 Å². The van der Waals surface area contributed by atoms with Crippen molar-refractivity contribution in [2.24, 2.45) is 5.16 Å². The molecule has 0 unspecified atom stereocenters. The van der Waals surface area contributed by atoms with Crippen molar-refractivity contribution >= 4 is 29.3 Å². The summed E-state index contributed by atoms with van der Waals surface area (Å²) in [7, 11) is 0. The van der Waals surface area contributed by atoms with E-state index in [1.807, 2.05) is 42.6 Å². The standard InChI is InChI=1S/C21H22ClN5O/c1-3-17-14-24-27-20(23-12-16(13-25-28)10-9-15(2)22)11-19(26-21(17)27)18-7-5-4-6-8-18/h4-11,13-14,23,28H,3,12H2,1-2H3/b15-9+,16-10-,25-13+. The molecule has 28 heavy (non-hydrogen) atoms. The predicted molar refractivity (Wildman–Crippen MR) is 114 cm³/mol. The highest BCUT2D eigenvalue weighted by atomic mass is 35.5. The summed E-state index contributed by atoms with van der Waals surface area (Å²) >= 11 is 5.89. The number of aromatic nitrogens is 3. The van der Waals surface area contributed by atoms with Gasteiger partial charge < -0.3 is 10.5 Å². The van der Waals surface area contributed by atoms with Gasteiger partial charge in [0.2, 0.25) is 0 Å². The zero-order valence-electron chi connectivity index (χ0n) is 15.8. The number of oxime groups is 1. The van der Waals surface area contributed by atoms with E-state index in [9.17, 15) is 0 Å². The van der Waals surface area contributed by atoms with Crippen LogP contribution >= 0.6 is 11.6 Å². The topological polar surface area (TPSA) is 74.8 Å². The molecule has 0 aliphatic heterocycles. The lowest BCUT2D eigenvalue weighted by Crippen LogP contribution is -2.11. The molecule has 0 aliphatic carbocycles. The second kappa shape index (κ2) is 9.19. The van der Waals surface area contributed by atoms with Crippen LogP contribution in [-0.4, -0.2) is 32.6 Å². The highest BCUT2D eigenvalue weighted by Gasteiger charge is 2.12. The van der Waals surface area contributed by atoms with Crippen molar-refractivity contribution < 1.29 is 5.21 Å².